The highest BCUT2D eigenvalue weighted by atomic mass is 35.5. The Morgan fingerprint density at radius 3 is 2.80 bits per heavy atom. The van der Waals surface area contributed by atoms with Crippen molar-refractivity contribution in [1.82, 2.24) is 14.9 Å². The zero-order valence-corrected chi connectivity index (χ0v) is 13.1. The molecule has 1 aromatic rings. The molecule has 20 heavy (non-hydrogen) atoms. The zero-order valence-electron chi connectivity index (χ0n) is 12.3. The molecule has 0 saturated carbocycles. The number of amides is 1. The molecule has 1 aliphatic rings. The number of hydrogen-bond donors (Lipinski definition) is 1. The fourth-order valence-corrected chi connectivity index (χ4v) is 2.46. The minimum absolute atomic E-state index is 0. The molecule has 2 heterocycles. The summed E-state index contributed by atoms with van der Waals surface area (Å²) in [6.07, 6.45) is 3.61. The fraction of sp³-hybridized carbons (Fsp3) is 0.643. The predicted molar refractivity (Wildman–Crippen MR) is 81.2 cm³/mol. The van der Waals surface area contributed by atoms with Gasteiger partial charge in [0, 0.05) is 25.3 Å². The van der Waals surface area contributed by atoms with Crippen molar-refractivity contribution in [2.75, 3.05) is 13.1 Å². The van der Waals surface area contributed by atoms with E-state index in [1.165, 1.54) is 0 Å². The van der Waals surface area contributed by atoms with E-state index in [0.717, 1.165) is 25.1 Å². The number of halogens is 1. The molecule has 1 fully saturated rings. The second kappa shape index (κ2) is 6.99. The molecule has 1 atom stereocenters. The Hall–Kier alpha value is -1.20. The number of piperidine rings is 1. The third-order valence-corrected chi connectivity index (χ3v) is 3.46. The van der Waals surface area contributed by atoms with Gasteiger partial charge in [0.1, 0.15) is 5.82 Å². The summed E-state index contributed by atoms with van der Waals surface area (Å²) in [7, 11) is 0. The molecule has 2 N–H and O–H groups in total. The van der Waals surface area contributed by atoms with Crippen LogP contribution in [0.3, 0.4) is 0 Å². The van der Waals surface area contributed by atoms with Crippen molar-refractivity contribution in [2.24, 2.45) is 5.73 Å². The standard InChI is InChI=1S/C14H22N4O.ClH/c1-9(2)13-12(7-16-10(3)17-13)14(19)18-6-4-5-11(15)8-18;/h7,9,11H,4-6,8,15H2,1-3H3;1H. The van der Waals surface area contributed by atoms with Crippen LogP contribution in [0.15, 0.2) is 6.20 Å². The first-order chi connectivity index (χ1) is 8.99. The molecule has 1 unspecified atom stereocenters. The third-order valence-electron chi connectivity index (χ3n) is 3.46. The lowest BCUT2D eigenvalue weighted by molar-refractivity contribution is 0.0706. The summed E-state index contributed by atoms with van der Waals surface area (Å²) < 4.78 is 0. The molecule has 1 aliphatic heterocycles. The lowest BCUT2D eigenvalue weighted by Crippen LogP contribution is -2.46. The fourth-order valence-electron chi connectivity index (χ4n) is 2.46. The van der Waals surface area contributed by atoms with E-state index >= 15 is 0 Å². The first-order valence-corrected chi connectivity index (χ1v) is 6.87. The van der Waals surface area contributed by atoms with E-state index in [-0.39, 0.29) is 30.3 Å². The topological polar surface area (TPSA) is 72.1 Å². The minimum Gasteiger partial charge on any atom is -0.337 e. The number of rotatable bonds is 2. The van der Waals surface area contributed by atoms with Crippen LogP contribution in [0.4, 0.5) is 0 Å². The van der Waals surface area contributed by atoms with Crippen LogP contribution in [0.5, 0.6) is 0 Å². The molecular weight excluding hydrogens is 276 g/mol. The van der Waals surface area contributed by atoms with Crippen LogP contribution in [0.1, 0.15) is 54.5 Å². The molecule has 1 saturated heterocycles. The highest BCUT2D eigenvalue weighted by Crippen LogP contribution is 2.20. The maximum absolute atomic E-state index is 12.6. The Kier molecular flexibility index (Phi) is 5.89. The third kappa shape index (κ3) is 3.67. The molecule has 1 amide bonds. The summed E-state index contributed by atoms with van der Waals surface area (Å²) in [5, 5.41) is 0. The molecule has 5 nitrogen and oxygen atoms in total. The van der Waals surface area contributed by atoms with E-state index in [9.17, 15) is 4.79 Å². The van der Waals surface area contributed by atoms with Crippen molar-refractivity contribution in [1.29, 1.82) is 0 Å². The van der Waals surface area contributed by atoms with Crippen LogP contribution >= 0.6 is 12.4 Å². The van der Waals surface area contributed by atoms with Crippen LogP contribution in [0, 0.1) is 6.92 Å². The largest absolute Gasteiger partial charge is 0.337 e. The van der Waals surface area contributed by atoms with Gasteiger partial charge in [-0.15, -0.1) is 12.4 Å². The average molecular weight is 299 g/mol. The van der Waals surface area contributed by atoms with Gasteiger partial charge in [-0.3, -0.25) is 4.79 Å². The number of likely N-dealkylation sites (tertiary alicyclic amines) is 1. The second-order valence-electron chi connectivity index (χ2n) is 5.52. The first-order valence-electron chi connectivity index (χ1n) is 6.87. The van der Waals surface area contributed by atoms with Gasteiger partial charge in [-0.05, 0) is 25.7 Å². The number of aromatic nitrogens is 2. The SMILES string of the molecule is Cc1ncc(C(=O)N2CCCC(N)C2)c(C(C)C)n1.Cl. The van der Waals surface area contributed by atoms with E-state index in [2.05, 4.69) is 9.97 Å². The van der Waals surface area contributed by atoms with Gasteiger partial charge in [0.2, 0.25) is 0 Å². The predicted octanol–water partition coefficient (Wildman–Crippen LogP) is 1.89. The number of aryl methyl sites for hydroxylation is 1. The molecular formula is C14H23ClN4O. The average Bonchev–Trinajstić information content (AvgIpc) is 2.37. The van der Waals surface area contributed by atoms with E-state index in [1.807, 2.05) is 25.7 Å². The molecule has 0 aromatic carbocycles. The van der Waals surface area contributed by atoms with Gasteiger partial charge < -0.3 is 10.6 Å². The maximum Gasteiger partial charge on any atom is 0.257 e. The van der Waals surface area contributed by atoms with Gasteiger partial charge in [-0.25, -0.2) is 9.97 Å². The van der Waals surface area contributed by atoms with Gasteiger partial charge in [-0.2, -0.15) is 0 Å². The molecule has 1 aromatic heterocycles. The highest BCUT2D eigenvalue weighted by molar-refractivity contribution is 5.95. The number of carbonyl (C=O) groups excluding carboxylic acids is 1. The Morgan fingerprint density at radius 1 is 1.50 bits per heavy atom. The van der Waals surface area contributed by atoms with Crippen LogP contribution < -0.4 is 5.73 Å². The summed E-state index contributed by atoms with van der Waals surface area (Å²) in [5.41, 5.74) is 7.39. The Morgan fingerprint density at radius 2 is 2.20 bits per heavy atom. The zero-order chi connectivity index (χ0) is 14.0. The van der Waals surface area contributed by atoms with Crippen LogP contribution in [-0.2, 0) is 0 Å². The maximum atomic E-state index is 12.6. The van der Waals surface area contributed by atoms with Crippen molar-refractivity contribution in [3.63, 3.8) is 0 Å². The molecule has 0 aliphatic carbocycles. The van der Waals surface area contributed by atoms with Crippen LogP contribution in [0.2, 0.25) is 0 Å². The molecule has 0 spiro atoms. The van der Waals surface area contributed by atoms with Crippen molar-refractivity contribution in [2.45, 2.75) is 45.6 Å². The normalized spacial score (nSPS) is 18.9. The molecule has 0 bridgehead atoms. The smallest absolute Gasteiger partial charge is 0.257 e. The van der Waals surface area contributed by atoms with Gasteiger partial charge in [0.05, 0.1) is 11.3 Å². The van der Waals surface area contributed by atoms with Gasteiger partial charge >= 0.3 is 0 Å². The number of nitrogens with zero attached hydrogens (tertiary/aromatic N) is 3. The lowest BCUT2D eigenvalue weighted by Gasteiger charge is -2.31. The van der Waals surface area contributed by atoms with Gasteiger partial charge in [-0.1, -0.05) is 13.8 Å². The molecule has 0 radical (unpaired) electrons. The van der Waals surface area contributed by atoms with Crippen LogP contribution in [0.25, 0.3) is 0 Å². The number of nitrogens with two attached hydrogens (primary N) is 1. The quantitative estimate of drug-likeness (QED) is 0.905. The van der Waals surface area contributed by atoms with E-state index in [1.54, 1.807) is 6.20 Å². The van der Waals surface area contributed by atoms with E-state index in [4.69, 9.17) is 5.73 Å². The minimum atomic E-state index is 0. The monoisotopic (exact) mass is 298 g/mol. The summed E-state index contributed by atoms with van der Waals surface area (Å²) in [5.74, 6) is 0.925. The van der Waals surface area contributed by atoms with Crippen molar-refractivity contribution in [3.05, 3.63) is 23.3 Å². The van der Waals surface area contributed by atoms with Gasteiger partial charge in [0.25, 0.3) is 5.91 Å². The number of hydrogen-bond acceptors (Lipinski definition) is 4. The molecule has 6 heteroatoms. The van der Waals surface area contributed by atoms with Gasteiger partial charge in [0.15, 0.2) is 0 Å². The number of carbonyl (C=O) groups is 1. The highest BCUT2D eigenvalue weighted by Gasteiger charge is 2.25. The first kappa shape index (κ1) is 16.9. The summed E-state index contributed by atoms with van der Waals surface area (Å²) in [6.45, 7) is 7.33. The van der Waals surface area contributed by atoms with Crippen LogP contribution in [-0.4, -0.2) is 39.9 Å². The Labute approximate surface area is 126 Å². The summed E-state index contributed by atoms with van der Waals surface area (Å²) in [4.78, 5) is 23.0. The van der Waals surface area contributed by atoms with Crippen molar-refractivity contribution < 1.29 is 4.79 Å². The molecule has 2 rings (SSSR count). The Bertz CT molecular complexity index is 478. The van der Waals surface area contributed by atoms with E-state index in [0.29, 0.717) is 17.9 Å². The summed E-state index contributed by atoms with van der Waals surface area (Å²) in [6, 6.07) is 0.0894. The van der Waals surface area contributed by atoms with Crippen molar-refractivity contribution >= 4 is 18.3 Å². The lowest BCUT2D eigenvalue weighted by atomic mass is 10.0. The second-order valence-corrected chi connectivity index (χ2v) is 5.52. The Balaban J connectivity index is 0.00000200. The van der Waals surface area contributed by atoms with Crippen molar-refractivity contribution in [3.8, 4) is 0 Å². The van der Waals surface area contributed by atoms with E-state index < -0.39 is 0 Å². The molecule has 112 valence electrons. The summed E-state index contributed by atoms with van der Waals surface area (Å²) >= 11 is 0.